The van der Waals surface area contributed by atoms with Gasteiger partial charge in [-0.3, -0.25) is 14.4 Å². The maximum atomic E-state index is 13.3. The summed E-state index contributed by atoms with van der Waals surface area (Å²) >= 11 is 0. The molecular formula is C26H32N4O3. The normalized spacial score (nSPS) is 29.6. The molecule has 1 aliphatic carbocycles. The molecular weight excluding hydrogens is 416 g/mol. The summed E-state index contributed by atoms with van der Waals surface area (Å²) in [6.07, 6.45) is 6.89. The Morgan fingerprint density at radius 3 is 2.33 bits per heavy atom. The first-order valence-electron chi connectivity index (χ1n) is 12.4. The Hall–Kier alpha value is -2.67. The number of piperidine rings is 1. The van der Waals surface area contributed by atoms with Crippen molar-refractivity contribution in [2.24, 2.45) is 5.92 Å². The van der Waals surface area contributed by atoms with E-state index in [2.05, 4.69) is 22.9 Å². The van der Waals surface area contributed by atoms with E-state index in [9.17, 15) is 14.4 Å². The standard InChI is InChI=1S/C26H32N4O3/c1-16-3-8-23(24(31)27-16)30-15-20-11-18-13-29(14-19(18)12-22(20)26(30)33)25(32)17-4-6-21(7-5-17)28-9-2-10-28/h11-12,17,21,23H,1-10,13-15H2,(H,27,31). The Bertz CT molecular complexity index is 1040. The highest BCUT2D eigenvalue weighted by molar-refractivity contribution is 6.01. The number of hydrogen-bond donors (Lipinski definition) is 1. The van der Waals surface area contributed by atoms with Crippen LogP contribution in [0.4, 0.5) is 0 Å². The molecule has 33 heavy (non-hydrogen) atoms. The molecule has 1 aromatic carbocycles. The minimum Gasteiger partial charge on any atom is -0.334 e. The van der Waals surface area contributed by atoms with Crippen LogP contribution in [-0.4, -0.2) is 57.6 Å². The maximum Gasteiger partial charge on any atom is 0.255 e. The van der Waals surface area contributed by atoms with Crippen molar-refractivity contribution in [2.45, 2.75) is 76.7 Å². The third-order valence-electron chi connectivity index (χ3n) is 8.44. The van der Waals surface area contributed by atoms with E-state index in [4.69, 9.17) is 0 Å². The molecule has 7 heteroatoms. The molecule has 1 atom stereocenters. The van der Waals surface area contributed by atoms with Crippen molar-refractivity contribution in [1.82, 2.24) is 20.0 Å². The van der Waals surface area contributed by atoms with E-state index >= 15 is 0 Å². The molecule has 0 aromatic heterocycles. The molecule has 1 N–H and O–H groups in total. The number of carbonyl (C=O) groups is 3. The lowest BCUT2D eigenvalue weighted by Crippen LogP contribution is -2.49. The van der Waals surface area contributed by atoms with Crippen LogP contribution < -0.4 is 5.32 Å². The molecule has 0 radical (unpaired) electrons. The molecule has 6 rings (SSSR count). The number of carbonyl (C=O) groups excluding carboxylic acids is 3. The van der Waals surface area contributed by atoms with Crippen molar-refractivity contribution in [2.75, 3.05) is 13.1 Å². The molecule has 0 spiro atoms. The second-order valence-electron chi connectivity index (χ2n) is 10.4. The van der Waals surface area contributed by atoms with E-state index in [1.807, 2.05) is 11.0 Å². The molecule has 0 bridgehead atoms. The summed E-state index contributed by atoms with van der Waals surface area (Å²) < 4.78 is 0. The van der Waals surface area contributed by atoms with E-state index in [0.29, 0.717) is 44.1 Å². The minimum atomic E-state index is -0.435. The lowest BCUT2D eigenvalue weighted by atomic mass is 9.83. The average molecular weight is 449 g/mol. The van der Waals surface area contributed by atoms with Gasteiger partial charge in [0.1, 0.15) is 6.04 Å². The largest absolute Gasteiger partial charge is 0.334 e. The monoisotopic (exact) mass is 448 g/mol. The fourth-order valence-electron chi connectivity index (χ4n) is 6.36. The number of fused-ring (bicyclic) bond motifs is 2. The van der Waals surface area contributed by atoms with Gasteiger partial charge in [0.05, 0.1) is 0 Å². The number of likely N-dealkylation sites (tertiary alicyclic amines) is 1. The molecule has 174 valence electrons. The summed E-state index contributed by atoms with van der Waals surface area (Å²) in [4.78, 5) is 45.1. The SMILES string of the molecule is C=C1CCC(N2Cc3cc4c(cc3C2=O)CN(C(=O)C2CCC(N3CCC3)CC2)C4)C(=O)N1. The molecule has 1 unspecified atom stereocenters. The highest BCUT2D eigenvalue weighted by Gasteiger charge is 2.40. The average Bonchev–Trinajstić information content (AvgIpc) is 3.32. The van der Waals surface area contributed by atoms with E-state index in [0.717, 1.165) is 48.1 Å². The predicted molar refractivity (Wildman–Crippen MR) is 123 cm³/mol. The van der Waals surface area contributed by atoms with Gasteiger partial charge < -0.3 is 20.0 Å². The fraction of sp³-hybridized carbons (Fsp3) is 0.577. The van der Waals surface area contributed by atoms with Crippen LogP contribution >= 0.6 is 0 Å². The highest BCUT2D eigenvalue weighted by atomic mass is 16.2. The van der Waals surface area contributed by atoms with Crippen LogP contribution in [0.15, 0.2) is 24.4 Å². The van der Waals surface area contributed by atoms with Crippen LogP contribution in [0.3, 0.4) is 0 Å². The van der Waals surface area contributed by atoms with Crippen LogP contribution in [-0.2, 0) is 29.2 Å². The Morgan fingerprint density at radius 2 is 1.67 bits per heavy atom. The highest BCUT2D eigenvalue weighted by Crippen LogP contribution is 2.36. The second kappa shape index (κ2) is 7.97. The number of rotatable bonds is 3. The van der Waals surface area contributed by atoms with E-state index in [-0.39, 0.29) is 23.6 Å². The molecule has 1 saturated carbocycles. The van der Waals surface area contributed by atoms with Crippen LogP contribution in [0.2, 0.25) is 0 Å². The van der Waals surface area contributed by atoms with Gasteiger partial charge in [-0.05, 0) is 80.8 Å². The Balaban J connectivity index is 1.11. The number of hydrogen-bond acceptors (Lipinski definition) is 4. The molecule has 4 heterocycles. The second-order valence-corrected chi connectivity index (χ2v) is 10.4. The predicted octanol–water partition coefficient (Wildman–Crippen LogP) is 2.54. The zero-order valence-corrected chi connectivity index (χ0v) is 19.1. The van der Waals surface area contributed by atoms with Gasteiger partial charge in [-0.15, -0.1) is 0 Å². The van der Waals surface area contributed by atoms with Gasteiger partial charge in [0.15, 0.2) is 0 Å². The van der Waals surface area contributed by atoms with Crippen molar-refractivity contribution < 1.29 is 14.4 Å². The summed E-state index contributed by atoms with van der Waals surface area (Å²) in [5.41, 5.74) is 4.61. The molecule has 4 aliphatic heterocycles. The van der Waals surface area contributed by atoms with E-state index in [1.54, 1.807) is 4.90 Å². The first-order chi connectivity index (χ1) is 16.0. The van der Waals surface area contributed by atoms with Crippen LogP contribution in [0.5, 0.6) is 0 Å². The van der Waals surface area contributed by atoms with Crippen molar-refractivity contribution in [3.8, 4) is 0 Å². The Kier molecular flexibility index (Phi) is 5.05. The van der Waals surface area contributed by atoms with Crippen LogP contribution in [0.1, 0.15) is 72.0 Å². The molecule has 7 nitrogen and oxygen atoms in total. The van der Waals surface area contributed by atoms with Gasteiger partial charge in [-0.2, -0.15) is 0 Å². The van der Waals surface area contributed by atoms with Gasteiger partial charge in [0.2, 0.25) is 11.8 Å². The first kappa shape index (κ1) is 20.9. The zero-order chi connectivity index (χ0) is 22.7. The van der Waals surface area contributed by atoms with Gasteiger partial charge >= 0.3 is 0 Å². The third-order valence-corrected chi connectivity index (χ3v) is 8.44. The zero-order valence-electron chi connectivity index (χ0n) is 19.1. The number of nitrogens with one attached hydrogen (secondary N) is 1. The number of allylic oxidation sites excluding steroid dienone is 1. The van der Waals surface area contributed by atoms with Gasteiger partial charge in [0.25, 0.3) is 5.91 Å². The molecule has 3 fully saturated rings. The maximum absolute atomic E-state index is 13.3. The smallest absolute Gasteiger partial charge is 0.255 e. The van der Waals surface area contributed by atoms with Crippen molar-refractivity contribution in [3.63, 3.8) is 0 Å². The topological polar surface area (TPSA) is 73.0 Å². The van der Waals surface area contributed by atoms with E-state index < -0.39 is 6.04 Å². The number of benzene rings is 1. The van der Waals surface area contributed by atoms with Crippen molar-refractivity contribution >= 4 is 17.7 Å². The molecule has 2 saturated heterocycles. The summed E-state index contributed by atoms with van der Waals surface area (Å²) in [5, 5.41) is 2.79. The summed E-state index contributed by atoms with van der Waals surface area (Å²) in [7, 11) is 0. The van der Waals surface area contributed by atoms with Crippen molar-refractivity contribution in [1.29, 1.82) is 0 Å². The molecule has 3 amide bonds. The lowest BCUT2D eigenvalue weighted by Gasteiger charge is -2.42. The quantitative estimate of drug-likeness (QED) is 0.771. The third kappa shape index (κ3) is 3.57. The fourth-order valence-corrected chi connectivity index (χ4v) is 6.36. The van der Waals surface area contributed by atoms with Gasteiger partial charge in [0, 0.05) is 42.9 Å². The summed E-state index contributed by atoms with van der Waals surface area (Å²) in [5.74, 6) is 0.205. The van der Waals surface area contributed by atoms with E-state index in [1.165, 1.54) is 19.5 Å². The Labute approximate surface area is 194 Å². The van der Waals surface area contributed by atoms with Crippen LogP contribution in [0.25, 0.3) is 0 Å². The Morgan fingerprint density at radius 1 is 0.939 bits per heavy atom. The van der Waals surface area contributed by atoms with Crippen molar-refractivity contribution in [3.05, 3.63) is 46.7 Å². The van der Waals surface area contributed by atoms with Gasteiger partial charge in [-0.25, -0.2) is 0 Å². The molecule has 1 aromatic rings. The number of amides is 3. The van der Waals surface area contributed by atoms with Crippen LogP contribution in [0, 0.1) is 5.92 Å². The summed E-state index contributed by atoms with van der Waals surface area (Å²) in [6, 6.07) is 4.31. The lowest BCUT2D eigenvalue weighted by molar-refractivity contribution is -0.137. The number of nitrogens with zero attached hydrogens (tertiary/aromatic N) is 3. The first-order valence-corrected chi connectivity index (χ1v) is 12.4. The molecule has 5 aliphatic rings. The van der Waals surface area contributed by atoms with Gasteiger partial charge in [-0.1, -0.05) is 12.6 Å². The minimum absolute atomic E-state index is 0.0745. The summed E-state index contributed by atoms with van der Waals surface area (Å²) in [6.45, 7) is 7.96.